The van der Waals surface area contributed by atoms with Crippen LogP contribution in [-0.2, 0) is 5.41 Å². The lowest BCUT2D eigenvalue weighted by molar-refractivity contribution is 0.660. The van der Waals surface area contributed by atoms with Crippen molar-refractivity contribution in [3.05, 3.63) is 102 Å². The van der Waals surface area contributed by atoms with Gasteiger partial charge in [-0.3, -0.25) is 0 Å². The summed E-state index contributed by atoms with van der Waals surface area (Å²) in [6.45, 7) is 6.52. The summed E-state index contributed by atoms with van der Waals surface area (Å²) in [5.74, 6) is 2.15. The lowest BCUT2D eigenvalue weighted by Crippen LogP contribution is -2.15. The molecule has 3 nitrogen and oxygen atoms in total. The zero-order valence-electron chi connectivity index (χ0n) is 18.4. The summed E-state index contributed by atoms with van der Waals surface area (Å²) >= 11 is 0. The van der Waals surface area contributed by atoms with Gasteiger partial charge in [0, 0.05) is 16.5 Å². The zero-order chi connectivity index (χ0) is 21.9. The molecule has 154 valence electrons. The van der Waals surface area contributed by atoms with Gasteiger partial charge in [-0.15, -0.1) is 0 Å². The lowest BCUT2D eigenvalue weighted by atomic mass is 9.82. The van der Waals surface area contributed by atoms with Gasteiger partial charge in [-0.1, -0.05) is 86.6 Å². The summed E-state index contributed by atoms with van der Waals surface area (Å²) in [6.07, 6.45) is 0. The van der Waals surface area contributed by atoms with E-state index in [1.165, 1.54) is 33.0 Å². The second-order valence-corrected chi connectivity index (χ2v) is 9.02. The number of aryl methyl sites for hydroxylation is 1. The Labute approximate surface area is 187 Å². The molecule has 1 aromatic heterocycles. The maximum atomic E-state index is 4.88. The van der Waals surface area contributed by atoms with Crippen LogP contribution in [0.15, 0.2) is 84.9 Å². The van der Waals surface area contributed by atoms with Crippen LogP contribution in [0.3, 0.4) is 0 Å². The predicted octanol–water partition coefficient (Wildman–Crippen LogP) is 6.97. The van der Waals surface area contributed by atoms with Crippen molar-refractivity contribution in [3.8, 4) is 33.9 Å². The lowest BCUT2D eigenvalue weighted by Gasteiger charge is -2.21. The highest BCUT2D eigenvalue weighted by atomic mass is 15.0. The Balaban J connectivity index is 1.47. The van der Waals surface area contributed by atoms with Crippen molar-refractivity contribution >= 4 is 10.8 Å². The number of benzene rings is 4. The molecule has 0 unspecified atom stereocenters. The SMILES string of the molecule is Cc1nc(-c2ccc3c(c2)C(C)(C)c2ccccc2-3)nc(-c2ccc3ccccc3c2)n1. The van der Waals surface area contributed by atoms with E-state index in [9.17, 15) is 0 Å². The van der Waals surface area contributed by atoms with Crippen LogP contribution in [0.4, 0.5) is 0 Å². The zero-order valence-corrected chi connectivity index (χ0v) is 18.4. The average Bonchev–Trinajstić information content (AvgIpc) is 3.05. The number of hydrogen-bond donors (Lipinski definition) is 0. The minimum absolute atomic E-state index is 0.0504. The molecule has 0 fully saturated rings. The Morgan fingerprint density at radius 3 is 2.00 bits per heavy atom. The van der Waals surface area contributed by atoms with Crippen LogP contribution in [0.2, 0.25) is 0 Å². The molecule has 0 spiro atoms. The van der Waals surface area contributed by atoms with Crippen molar-refractivity contribution in [1.29, 1.82) is 0 Å². The van der Waals surface area contributed by atoms with Crippen LogP contribution < -0.4 is 0 Å². The van der Waals surface area contributed by atoms with E-state index in [1.807, 2.05) is 6.92 Å². The minimum Gasteiger partial charge on any atom is -0.213 e. The van der Waals surface area contributed by atoms with Crippen LogP contribution in [0, 0.1) is 6.92 Å². The van der Waals surface area contributed by atoms with Crippen molar-refractivity contribution < 1.29 is 0 Å². The largest absolute Gasteiger partial charge is 0.213 e. The average molecular weight is 414 g/mol. The van der Waals surface area contributed by atoms with Crippen molar-refractivity contribution in [3.63, 3.8) is 0 Å². The highest BCUT2D eigenvalue weighted by Gasteiger charge is 2.35. The molecular weight excluding hydrogens is 390 g/mol. The number of fused-ring (bicyclic) bond motifs is 4. The maximum absolute atomic E-state index is 4.88. The van der Waals surface area contributed by atoms with Crippen LogP contribution in [0.5, 0.6) is 0 Å². The van der Waals surface area contributed by atoms with Crippen molar-refractivity contribution in [1.82, 2.24) is 15.0 Å². The first-order valence-corrected chi connectivity index (χ1v) is 11.0. The van der Waals surface area contributed by atoms with Gasteiger partial charge >= 0.3 is 0 Å². The second-order valence-electron chi connectivity index (χ2n) is 9.02. The van der Waals surface area contributed by atoms with E-state index >= 15 is 0 Å². The molecule has 0 N–H and O–H groups in total. The molecule has 32 heavy (non-hydrogen) atoms. The first-order chi connectivity index (χ1) is 15.5. The summed E-state index contributed by atoms with van der Waals surface area (Å²) in [4.78, 5) is 14.2. The normalized spacial score (nSPS) is 13.7. The summed E-state index contributed by atoms with van der Waals surface area (Å²) in [7, 11) is 0. The molecule has 5 aromatic rings. The van der Waals surface area contributed by atoms with Gasteiger partial charge in [0.15, 0.2) is 11.6 Å². The van der Waals surface area contributed by atoms with Crippen LogP contribution in [0.1, 0.15) is 30.8 Å². The molecule has 0 bridgehead atoms. The number of nitrogens with zero attached hydrogens (tertiary/aromatic N) is 3. The Kier molecular flexibility index (Phi) is 4.03. The molecular formula is C29H23N3. The molecule has 1 aliphatic carbocycles. The molecule has 1 aliphatic rings. The molecule has 3 heteroatoms. The van der Waals surface area contributed by atoms with E-state index in [1.54, 1.807) is 0 Å². The fourth-order valence-electron chi connectivity index (χ4n) is 4.91. The van der Waals surface area contributed by atoms with Gasteiger partial charge in [-0.2, -0.15) is 0 Å². The summed E-state index contributed by atoms with van der Waals surface area (Å²) in [5, 5.41) is 2.39. The first-order valence-electron chi connectivity index (χ1n) is 11.0. The highest BCUT2D eigenvalue weighted by molar-refractivity contribution is 5.87. The Hall–Kier alpha value is -3.85. The van der Waals surface area contributed by atoms with Gasteiger partial charge in [0.2, 0.25) is 0 Å². The van der Waals surface area contributed by atoms with Gasteiger partial charge in [-0.25, -0.2) is 15.0 Å². The van der Waals surface area contributed by atoms with Crippen molar-refractivity contribution in [2.24, 2.45) is 0 Å². The van der Waals surface area contributed by atoms with Gasteiger partial charge in [0.25, 0.3) is 0 Å². The molecule has 0 radical (unpaired) electrons. The molecule has 0 saturated heterocycles. The van der Waals surface area contributed by atoms with E-state index in [-0.39, 0.29) is 5.41 Å². The van der Waals surface area contributed by atoms with E-state index < -0.39 is 0 Å². The Bertz CT molecular complexity index is 1510. The van der Waals surface area contributed by atoms with Gasteiger partial charge < -0.3 is 0 Å². The molecule has 4 aromatic carbocycles. The maximum Gasteiger partial charge on any atom is 0.163 e. The number of aromatic nitrogens is 3. The standard InChI is InChI=1S/C29H23N3/c1-18-30-27(21-13-12-19-8-4-5-9-20(19)16-21)32-28(31-18)22-14-15-24-23-10-6-7-11-25(23)29(2,3)26(24)17-22/h4-17H,1-3H3. The van der Waals surface area contributed by atoms with E-state index in [0.29, 0.717) is 5.82 Å². The third-order valence-corrected chi connectivity index (χ3v) is 6.60. The van der Waals surface area contributed by atoms with Crippen molar-refractivity contribution in [2.45, 2.75) is 26.2 Å². The van der Waals surface area contributed by atoms with Gasteiger partial charge in [0.05, 0.1) is 0 Å². The summed E-state index contributed by atoms with van der Waals surface area (Å²) < 4.78 is 0. The Morgan fingerprint density at radius 1 is 0.562 bits per heavy atom. The molecule has 0 atom stereocenters. The Morgan fingerprint density at radius 2 is 1.19 bits per heavy atom. The quantitative estimate of drug-likeness (QED) is 0.313. The fraction of sp³-hybridized carbons (Fsp3) is 0.138. The third kappa shape index (κ3) is 2.85. The number of hydrogen-bond acceptors (Lipinski definition) is 3. The highest BCUT2D eigenvalue weighted by Crippen LogP contribution is 2.49. The van der Waals surface area contributed by atoms with E-state index in [2.05, 4.69) is 104 Å². The van der Waals surface area contributed by atoms with Gasteiger partial charge in [-0.05, 0) is 52.1 Å². The first kappa shape index (κ1) is 18.9. The van der Waals surface area contributed by atoms with Crippen LogP contribution in [-0.4, -0.2) is 15.0 Å². The topological polar surface area (TPSA) is 38.7 Å². The van der Waals surface area contributed by atoms with Gasteiger partial charge in [0.1, 0.15) is 5.82 Å². The third-order valence-electron chi connectivity index (χ3n) is 6.60. The van der Waals surface area contributed by atoms with E-state index in [0.717, 1.165) is 22.8 Å². The molecule has 0 saturated carbocycles. The minimum atomic E-state index is -0.0504. The molecule has 6 rings (SSSR count). The van der Waals surface area contributed by atoms with Crippen molar-refractivity contribution in [2.75, 3.05) is 0 Å². The smallest absolute Gasteiger partial charge is 0.163 e. The molecule has 0 amide bonds. The molecule has 1 heterocycles. The monoisotopic (exact) mass is 413 g/mol. The van der Waals surface area contributed by atoms with Crippen LogP contribution >= 0.6 is 0 Å². The number of rotatable bonds is 2. The second kappa shape index (κ2) is 6.83. The van der Waals surface area contributed by atoms with Crippen LogP contribution in [0.25, 0.3) is 44.7 Å². The van der Waals surface area contributed by atoms with E-state index in [4.69, 9.17) is 9.97 Å². The summed E-state index contributed by atoms with van der Waals surface area (Å²) in [5.41, 5.74) is 7.29. The fourth-order valence-corrected chi connectivity index (χ4v) is 4.91. The molecule has 0 aliphatic heterocycles. The summed E-state index contributed by atoms with van der Waals surface area (Å²) in [6, 6.07) is 30.0. The predicted molar refractivity (Wildman–Crippen MR) is 131 cm³/mol.